The van der Waals surface area contributed by atoms with Crippen molar-refractivity contribution in [1.29, 1.82) is 0 Å². The molecule has 3 aromatic rings. The van der Waals surface area contributed by atoms with Crippen molar-refractivity contribution in [2.45, 2.75) is 19.1 Å². The molecular formula is C19H16Cl2F3N5O2. The van der Waals surface area contributed by atoms with Crippen LogP contribution in [0.5, 0.6) is 0 Å². The van der Waals surface area contributed by atoms with Crippen LogP contribution in [0.3, 0.4) is 0 Å². The molecule has 3 rings (SSSR count). The molecule has 0 saturated carbocycles. The molecule has 0 bridgehead atoms. The predicted octanol–water partition coefficient (Wildman–Crippen LogP) is 4.98. The van der Waals surface area contributed by atoms with Gasteiger partial charge in [0.25, 0.3) is 5.91 Å². The number of nitrogens with zero attached hydrogens (tertiary/aromatic N) is 3. The number of aromatic nitrogens is 2. The van der Waals surface area contributed by atoms with E-state index in [2.05, 4.69) is 10.3 Å². The van der Waals surface area contributed by atoms with E-state index in [1.807, 2.05) is 0 Å². The maximum atomic E-state index is 13.7. The summed E-state index contributed by atoms with van der Waals surface area (Å²) in [5.41, 5.74) is 3.51. The van der Waals surface area contributed by atoms with Crippen molar-refractivity contribution < 1.29 is 22.8 Å². The highest BCUT2D eigenvalue weighted by atomic mass is 35.5. The number of carbonyl (C=O) groups excluding carboxylic acids is 2. The molecule has 1 atom stereocenters. The minimum absolute atomic E-state index is 0.00540. The number of primary amides is 1. The van der Waals surface area contributed by atoms with Gasteiger partial charge in [-0.05, 0) is 31.2 Å². The van der Waals surface area contributed by atoms with E-state index in [-0.39, 0.29) is 32.6 Å². The summed E-state index contributed by atoms with van der Waals surface area (Å²) in [6, 6.07) is 5.31. The topological polar surface area (TPSA) is 92.7 Å². The van der Waals surface area contributed by atoms with Crippen molar-refractivity contribution in [2.24, 2.45) is 5.73 Å². The highest BCUT2D eigenvalue weighted by Gasteiger charge is 2.40. The molecule has 12 heteroatoms. The van der Waals surface area contributed by atoms with Crippen molar-refractivity contribution in [3.63, 3.8) is 0 Å². The Morgan fingerprint density at radius 3 is 2.35 bits per heavy atom. The Kier molecular flexibility index (Phi) is 6.06. The van der Waals surface area contributed by atoms with Crippen LogP contribution >= 0.6 is 23.2 Å². The van der Waals surface area contributed by atoms with Crippen LogP contribution < -0.4 is 11.1 Å². The number of pyridine rings is 1. The Labute approximate surface area is 184 Å². The van der Waals surface area contributed by atoms with E-state index < -0.39 is 29.9 Å². The van der Waals surface area contributed by atoms with Crippen LogP contribution in [0.2, 0.25) is 10.0 Å². The van der Waals surface area contributed by atoms with Gasteiger partial charge in [0.2, 0.25) is 0 Å². The second-order valence-electron chi connectivity index (χ2n) is 6.63. The lowest BCUT2D eigenvalue weighted by atomic mass is 10.1. The maximum Gasteiger partial charge on any atom is 0.435 e. The Bertz CT molecular complexity index is 1160. The van der Waals surface area contributed by atoms with Crippen LogP contribution in [0.15, 0.2) is 36.5 Å². The molecule has 7 nitrogen and oxygen atoms in total. The van der Waals surface area contributed by atoms with Gasteiger partial charge in [-0.1, -0.05) is 29.3 Å². The number of hydrogen-bond acceptors (Lipinski definition) is 3. The quantitative estimate of drug-likeness (QED) is 0.559. The van der Waals surface area contributed by atoms with E-state index in [4.69, 9.17) is 28.9 Å². The van der Waals surface area contributed by atoms with Crippen LogP contribution in [-0.4, -0.2) is 33.3 Å². The number of rotatable bonds is 4. The molecule has 3 amide bonds. The summed E-state index contributed by atoms with van der Waals surface area (Å²) in [5.74, 6) is -0.718. The third kappa shape index (κ3) is 4.26. The fourth-order valence-corrected chi connectivity index (χ4v) is 3.63. The van der Waals surface area contributed by atoms with Gasteiger partial charge in [-0.3, -0.25) is 9.20 Å². The zero-order chi connectivity index (χ0) is 23.1. The Morgan fingerprint density at radius 2 is 1.81 bits per heavy atom. The molecule has 0 aliphatic rings. The van der Waals surface area contributed by atoms with Gasteiger partial charge in [-0.15, -0.1) is 0 Å². The Morgan fingerprint density at radius 1 is 1.19 bits per heavy atom. The number of halogens is 5. The van der Waals surface area contributed by atoms with Crippen LogP contribution in [-0.2, 0) is 6.18 Å². The molecule has 0 spiro atoms. The van der Waals surface area contributed by atoms with E-state index in [1.54, 1.807) is 6.07 Å². The second-order valence-corrected chi connectivity index (χ2v) is 7.45. The van der Waals surface area contributed by atoms with Crippen molar-refractivity contribution in [1.82, 2.24) is 14.3 Å². The first-order valence-corrected chi connectivity index (χ1v) is 9.54. The maximum absolute atomic E-state index is 13.7. The smallest absolute Gasteiger partial charge is 0.351 e. The van der Waals surface area contributed by atoms with Gasteiger partial charge in [0.15, 0.2) is 11.3 Å². The Hall–Kier alpha value is -2.98. The number of alkyl halides is 3. The molecule has 0 saturated heterocycles. The SMILES string of the molecule is CC(c1c(C(F)(F)F)nc2c(NC(=O)c3c(Cl)cccc3Cl)cccn12)N(C)C(N)=O. The monoisotopic (exact) mass is 473 g/mol. The lowest BCUT2D eigenvalue weighted by molar-refractivity contribution is -0.141. The van der Waals surface area contributed by atoms with Gasteiger partial charge in [0, 0.05) is 13.2 Å². The summed E-state index contributed by atoms with van der Waals surface area (Å²) in [6.07, 6.45) is -3.47. The first-order valence-electron chi connectivity index (χ1n) is 8.79. The largest absolute Gasteiger partial charge is 0.435 e. The molecule has 1 aromatic carbocycles. The zero-order valence-corrected chi connectivity index (χ0v) is 17.7. The van der Waals surface area contributed by atoms with Crippen LogP contribution in [0.4, 0.5) is 23.7 Å². The molecule has 0 radical (unpaired) electrons. The number of fused-ring (bicyclic) bond motifs is 1. The normalized spacial score (nSPS) is 12.6. The summed E-state index contributed by atoms with van der Waals surface area (Å²) < 4.78 is 42.4. The molecule has 2 aromatic heterocycles. The number of imidazole rings is 1. The number of hydrogen-bond donors (Lipinski definition) is 2. The molecule has 0 aliphatic carbocycles. The minimum Gasteiger partial charge on any atom is -0.351 e. The van der Waals surface area contributed by atoms with Crippen molar-refractivity contribution in [3.05, 3.63) is 63.5 Å². The number of urea groups is 1. The van der Waals surface area contributed by atoms with Gasteiger partial charge >= 0.3 is 12.2 Å². The third-order valence-corrected chi connectivity index (χ3v) is 5.35. The van der Waals surface area contributed by atoms with E-state index in [0.29, 0.717) is 0 Å². The van der Waals surface area contributed by atoms with Crippen molar-refractivity contribution in [3.8, 4) is 0 Å². The van der Waals surface area contributed by atoms with Crippen molar-refractivity contribution in [2.75, 3.05) is 12.4 Å². The molecule has 0 aliphatic heterocycles. The lowest BCUT2D eigenvalue weighted by Gasteiger charge is -2.24. The standard InChI is InChI=1S/C19H16Cl2F3N5O2/c1-9(28(2)18(25)31)14-15(19(22,23)24)27-16-12(7-4-8-29(14)16)26-17(30)13-10(20)5-3-6-11(13)21/h3-9H,1-2H3,(H2,25,31)(H,26,30). The fourth-order valence-electron chi connectivity index (χ4n) is 3.07. The zero-order valence-electron chi connectivity index (χ0n) is 16.2. The van der Waals surface area contributed by atoms with Gasteiger partial charge < -0.3 is 16.0 Å². The highest BCUT2D eigenvalue weighted by Crippen LogP contribution is 2.37. The number of anilines is 1. The van der Waals surface area contributed by atoms with Gasteiger partial charge in [-0.2, -0.15) is 13.2 Å². The first kappa shape index (κ1) is 22.7. The average molecular weight is 474 g/mol. The molecule has 1 unspecified atom stereocenters. The summed E-state index contributed by atoms with van der Waals surface area (Å²) in [7, 11) is 1.28. The van der Waals surface area contributed by atoms with Gasteiger partial charge in [0.05, 0.1) is 33.0 Å². The fraction of sp³-hybridized carbons (Fsp3) is 0.211. The van der Waals surface area contributed by atoms with E-state index in [0.717, 1.165) is 9.30 Å². The van der Waals surface area contributed by atoms with Crippen LogP contribution in [0.25, 0.3) is 5.65 Å². The lowest BCUT2D eigenvalue weighted by Crippen LogP contribution is -2.35. The number of carbonyl (C=O) groups is 2. The molecule has 2 heterocycles. The summed E-state index contributed by atoms with van der Waals surface area (Å²) >= 11 is 12.1. The average Bonchev–Trinajstić information content (AvgIpc) is 3.07. The predicted molar refractivity (Wildman–Crippen MR) is 110 cm³/mol. The van der Waals surface area contributed by atoms with E-state index >= 15 is 0 Å². The van der Waals surface area contributed by atoms with Crippen LogP contribution in [0.1, 0.15) is 34.7 Å². The number of nitrogens with one attached hydrogen (secondary N) is 1. The highest BCUT2D eigenvalue weighted by molar-refractivity contribution is 6.40. The third-order valence-electron chi connectivity index (χ3n) is 4.72. The second kappa shape index (κ2) is 8.27. The molecule has 0 fully saturated rings. The van der Waals surface area contributed by atoms with E-state index in [1.165, 1.54) is 44.4 Å². The first-order chi connectivity index (χ1) is 14.4. The van der Waals surface area contributed by atoms with E-state index in [9.17, 15) is 22.8 Å². The summed E-state index contributed by atoms with van der Waals surface area (Å²) in [4.78, 5) is 28.9. The van der Waals surface area contributed by atoms with Gasteiger partial charge in [-0.25, -0.2) is 9.78 Å². The minimum atomic E-state index is -4.82. The van der Waals surface area contributed by atoms with Crippen LogP contribution in [0, 0.1) is 0 Å². The van der Waals surface area contributed by atoms with Gasteiger partial charge in [0.1, 0.15) is 0 Å². The molecular weight excluding hydrogens is 458 g/mol. The summed E-state index contributed by atoms with van der Waals surface area (Å²) in [5, 5.41) is 2.66. The van der Waals surface area contributed by atoms with Crippen molar-refractivity contribution >= 4 is 46.5 Å². The number of benzene rings is 1. The molecule has 3 N–H and O–H groups in total. The number of nitrogens with two attached hydrogens (primary N) is 1. The number of amides is 3. The summed E-state index contributed by atoms with van der Waals surface area (Å²) in [6.45, 7) is 1.39. The molecule has 164 valence electrons. The Balaban J connectivity index is 2.16. The molecule has 31 heavy (non-hydrogen) atoms.